The first kappa shape index (κ1) is 21.8. The number of hydrogen-bond donors (Lipinski definition) is 1. The highest BCUT2D eigenvalue weighted by atomic mass is 19.4. The quantitative estimate of drug-likeness (QED) is 0.803. The van der Waals surface area contributed by atoms with Crippen molar-refractivity contribution in [3.8, 4) is 6.07 Å². The maximum atomic E-state index is 13.2. The molecule has 0 aromatic heterocycles. The van der Waals surface area contributed by atoms with Crippen molar-refractivity contribution in [3.63, 3.8) is 0 Å². The molecular formula is C22H23F3N4O. The number of carbonyl (C=O) groups excluding carboxylic acids is 1. The van der Waals surface area contributed by atoms with Crippen LogP contribution in [-0.4, -0.2) is 47.9 Å². The Morgan fingerprint density at radius 1 is 1.00 bits per heavy atom. The zero-order chi connectivity index (χ0) is 21.7. The molecule has 0 spiro atoms. The van der Waals surface area contributed by atoms with Crippen LogP contribution in [0.2, 0.25) is 0 Å². The molecule has 1 N–H and O–H groups in total. The van der Waals surface area contributed by atoms with Crippen molar-refractivity contribution >= 4 is 11.6 Å². The van der Waals surface area contributed by atoms with E-state index in [-0.39, 0.29) is 11.7 Å². The monoisotopic (exact) mass is 416 g/mol. The smallest absolute Gasteiger partial charge is 0.324 e. The highest BCUT2D eigenvalue weighted by Crippen LogP contribution is 2.34. The van der Waals surface area contributed by atoms with Gasteiger partial charge in [0.15, 0.2) is 0 Å². The maximum absolute atomic E-state index is 13.2. The van der Waals surface area contributed by atoms with E-state index < -0.39 is 23.7 Å². The minimum Gasteiger partial charge on any atom is -0.324 e. The molecule has 2 aromatic rings. The molecule has 0 aliphatic carbocycles. The van der Waals surface area contributed by atoms with E-state index in [4.69, 9.17) is 0 Å². The second kappa shape index (κ2) is 9.28. The van der Waals surface area contributed by atoms with Crippen LogP contribution in [0.25, 0.3) is 0 Å². The molecular weight excluding hydrogens is 393 g/mol. The van der Waals surface area contributed by atoms with Crippen LogP contribution in [0.1, 0.15) is 24.1 Å². The molecule has 0 saturated carbocycles. The number of nitrogens with zero attached hydrogens (tertiary/aromatic N) is 3. The van der Waals surface area contributed by atoms with E-state index in [9.17, 15) is 23.2 Å². The van der Waals surface area contributed by atoms with Gasteiger partial charge in [-0.2, -0.15) is 18.4 Å². The van der Waals surface area contributed by atoms with Crippen LogP contribution < -0.4 is 5.32 Å². The summed E-state index contributed by atoms with van der Waals surface area (Å²) in [5.41, 5.74) is -0.188. The van der Waals surface area contributed by atoms with Crippen molar-refractivity contribution < 1.29 is 18.0 Å². The van der Waals surface area contributed by atoms with E-state index in [0.717, 1.165) is 11.6 Å². The summed E-state index contributed by atoms with van der Waals surface area (Å²) >= 11 is 0. The number of nitriles is 1. The molecule has 30 heavy (non-hydrogen) atoms. The number of halogens is 3. The van der Waals surface area contributed by atoms with Gasteiger partial charge >= 0.3 is 6.18 Å². The van der Waals surface area contributed by atoms with Crippen LogP contribution in [0.5, 0.6) is 0 Å². The molecule has 8 heteroatoms. The van der Waals surface area contributed by atoms with Crippen molar-refractivity contribution in [1.82, 2.24) is 9.80 Å². The van der Waals surface area contributed by atoms with Crippen molar-refractivity contribution in [2.45, 2.75) is 25.2 Å². The first-order valence-corrected chi connectivity index (χ1v) is 9.71. The Hall–Kier alpha value is -2.89. The number of piperazine rings is 1. The Morgan fingerprint density at radius 3 is 2.17 bits per heavy atom. The fourth-order valence-electron chi connectivity index (χ4n) is 3.63. The Balaban J connectivity index is 1.61. The molecule has 0 bridgehead atoms. The zero-order valence-electron chi connectivity index (χ0n) is 16.6. The van der Waals surface area contributed by atoms with Gasteiger partial charge in [-0.1, -0.05) is 42.5 Å². The topological polar surface area (TPSA) is 59.4 Å². The first-order chi connectivity index (χ1) is 14.3. The second-order valence-corrected chi connectivity index (χ2v) is 7.22. The Morgan fingerprint density at radius 2 is 1.57 bits per heavy atom. The van der Waals surface area contributed by atoms with Gasteiger partial charge in [0, 0.05) is 26.2 Å². The molecule has 1 aliphatic rings. The fraction of sp³-hybridized carbons (Fsp3) is 0.364. The van der Waals surface area contributed by atoms with Crippen molar-refractivity contribution in [3.05, 3.63) is 65.7 Å². The Labute approximate surface area is 173 Å². The van der Waals surface area contributed by atoms with Crippen LogP contribution in [-0.2, 0) is 11.0 Å². The predicted molar refractivity (Wildman–Crippen MR) is 107 cm³/mol. The van der Waals surface area contributed by atoms with E-state index in [2.05, 4.69) is 16.3 Å². The standard InChI is InChI=1S/C22H23F3N4O/c1-16(21(30)27-19-10-6-5-9-18(19)22(23,24)25)28-11-13-29(14-12-28)20(15-26)17-7-3-2-4-8-17/h2-10,16,20H,11-14H2,1H3,(H,27,30). The summed E-state index contributed by atoms with van der Waals surface area (Å²) in [6, 6.07) is 15.8. The summed E-state index contributed by atoms with van der Waals surface area (Å²) in [5.74, 6) is -0.486. The predicted octanol–water partition coefficient (Wildman–Crippen LogP) is 3.91. The highest BCUT2D eigenvalue weighted by Gasteiger charge is 2.35. The SMILES string of the molecule is CC(C(=O)Nc1ccccc1C(F)(F)F)N1CCN(C(C#N)c2ccccc2)CC1. The average Bonchev–Trinajstić information content (AvgIpc) is 2.74. The van der Waals surface area contributed by atoms with Crippen molar-refractivity contribution in [2.75, 3.05) is 31.5 Å². The normalized spacial score (nSPS) is 17.7. The van der Waals surface area contributed by atoms with Gasteiger partial charge in [0.05, 0.1) is 23.4 Å². The van der Waals surface area contributed by atoms with Gasteiger partial charge in [0.1, 0.15) is 6.04 Å². The van der Waals surface area contributed by atoms with E-state index in [1.807, 2.05) is 35.2 Å². The third kappa shape index (κ3) is 4.99. The van der Waals surface area contributed by atoms with E-state index in [0.29, 0.717) is 26.2 Å². The van der Waals surface area contributed by atoms with Gasteiger partial charge in [0.2, 0.25) is 5.91 Å². The molecule has 1 aliphatic heterocycles. The minimum atomic E-state index is -4.54. The lowest BCUT2D eigenvalue weighted by Crippen LogP contribution is -2.53. The minimum absolute atomic E-state index is 0.242. The van der Waals surface area contributed by atoms with Gasteiger partial charge in [-0.25, -0.2) is 0 Å². The molecule has 1 amide bonds. The van der Waals surface area contributed by atoms with E-state index >= 15 is 0 Å². The number of amides is 1. The number of nitrogens with one attached hydrogen (secondary N) is 1. The number of carbonyl (C=O) groups is 1. The van der Waals surface area contributed by atoms with Crippen molar-refractivity contribution in [2.24, 2.45) is 0 Å². The lowest BCUT2D eigenvalue weighted by atomic mass is 10.1. The molecule has 1 fully saturated rings. The average molecular weight is 416 g/mol. The van der Waals surface area contributed by atoms with Crippen LogP contribution in [0.4, 0.5) is 18.9 Å². The van der Waals surface area contributed by atoms with Crippen molar-refractivity contribution in [1.29, 1.82) is 5.26 Å². The van der Waals surface area contributed by atoms with E-state index in [1.54, 1.807) is 6.92 Å². The summed E-state index contributed by atoms with van der Waals surface area (Å²) in [7, 11) is 0. The zero-order valence-corrected chi connectivity index (χ0v) is 16.6. The number of hydrogen-bond acceptors (Lipinski definition) is 4. The molecule has 2 atom stereocenters. The molecule has 5 nitrogen and oxygen atoms in total. The molecule has 1 heterocycles. The summed E-state index contributed by atoms with van der Waals surface area (Å²) in [6.45, 7) is 3.94. The van der Waals surface area contributed by atoms with Crippen LogP contribution in [0.15, 0.2) is 54.6 Å². The molecule has 3 rings (SSSR count). The Kier molecular flexibility index (Phi) is 6.75. The summed E-state index contributed by atoms with van der Waals surface area (Å²) in [4.78, 5) is 16.6. The van der Waals surface area contributed by atoms with Gasteiger partial charge in [-0.05, 0) is 24.6 Å². The second-order valence-electron chi connectivity index (χ2n) is 7.22. The van der Waals surface area contributed by atoms with Crippen LogP contribution in [0.3, 0.4) is 0 Å². The Bertz CT molecular complexity index is 903. The third-order valence-corrected chi connectivity index (χ3v) is 5.37. The van der Waals surface area contributed by atoms with Gasteiger partial charge in [-0.3, -0.25) is 14.6 Å². The number of para-hydroxylation sites is 1. The summed E-state index contributed by atoms with van der Waals surface area (Å²) < 4.78 is 39.5. The molecule has 2 unspecified atom stereocenters. The number of benzene rings is 2. The van der Waals surface area contributed by atoms with E-state index in [1.165, 1.54) is 18.2 Å². The molecule has 158 valence electrons. The number of rotatable bonds is 5. The molecule has 2 aromatic carbocycles. The summed E-state index contributed by atoms with van der Waals surface area (Å²) in [5, 5.41) is 12.0. The lowest BCUT2D eigenvalue weighted by Gasteiger charge is -2.39. The molecule has 1 saturated heterocycles. The number of anilines is 1. The summed E-state index contributed by atoms with van der Waals surface area (Å²) in [6.07, 6.45) is -4.54. The maximum Gasteiger partial charge on any atom is 0.418 e. The van der Waals surface area contributed by atoms with Gasteiger partial charge in [0.25, 0.3) is 0 Å². The number of alkyl halides is 3. The lowest BCUT2D eigenvalue weighted by molar-refractivity contribution is -0.137. The van der Waals surface area contributed by atoms with Crippen LogP contribution >= 0.6 is 0 Å². The largest absolute Gasteiger partial charge is 0.418 e. The highest BCUT2D eigenvalue weighted by molar-refractivity contribution is 5.95. The van der Waals surface area contributed by atoms with Crippen LogP contribution in [0, 0.1) is 11.3 Å². The fourth-order valence-corrected chi connectivity index (χ4v) is 3.63. The molecule has 0 radical (unpaired) electrons. The third-order valence-electron chi connectivity index (χ3n) is 5.37. The first-order valence-electron chi connectivity index (χ1n) is 9.71. The van der Waals surface area contributed by atoms with Gasteiger partial charge < -0.3 is 5.32 Å². The van der Waals surface area contributed by atoms with Gasteiger partial charge in [-0.15, -0.1) is 0 Å².